The second-order valence-electron chi connectivity index (χ2n) is 10.8. The second-order valence-corrected chi connectivity index (χ2v) is 11.9. The average molecular weight is 441 g/mol. The van der Waals surface area contributed by atoms with E-state index in [1.54, 1.807) is 0 Å². The zero-order valence-corrected chi connectivity index (χ0v) is 20.2. The zero-order valence-electron chi connectivity index (χ0n) is 19.3. The Bertz CT molecular complexity index is 1040. The van der Waals surface area contributed by atoms with Crippen molar-refractivity contribution < 1.29 is 18.9 Å². The van der Waals surface area contributed by atoms with Gasteiger partial charge in [-0.25, -0.2) is 0 Å². The smallest absolute Gasteiger partial charge is 0.123 e. The van der Waals surface area contributed by atoms with Gasteiger partial charge in [-0.3, -0.25) is 0 Å². The fourth-order valence-corrected chi connectivity index (χ4v) is 5.08. The lowest BCUT2D eigenvalue weighted by atomic mass is 9.85. The van der Waals surface area contributed by atoms with E-state index in [1.165, 1.54) is 31.3 Å². The van der Waals surface area contributed by atoms with Gasteiger partial charge in [0.05, 0.1) is 13.2 Å². The molecule has 5 heteroatoms. The van der Waals surface area contributed by atoms with E-state index in [2.05, 4.69) is 65.8 Å². The van der Waals surface area contributed by atoms with E-state index in [4.69, 9.17) is 18.9 Å². The summed E-state index contributed by atoms with van der Waals surface area (Å²) in [5.74, 6) is 1.92. The summed E-state index contributed by atoms with van der Waals surface area (Å²) >= 11 is 1.85. The number of benzene rings is 2. The van der Waals surface area contributed by atoms with Crippen molar-refractivity contribution in [1.29, 1.82) is 0 Å². The summed E-state index contributed by atoms with van der Waals surface area (Å²) in [7, 11) is 0. The molecule has 2 aliphatic heterocycles. The summed E-state index contributed by atoms with van der Waals surface area (Å²) in [4.78, 5) is 0. The van der Waals surface area contributed by atoms with Crippen LogP contribution in [0.4, 0.5) is 0 Å². The quantitative estimate of drug-likeness (QED) is 0.428. The van der Waals surface area contributed by atoms with Gasteiger partial charge in [-0.1, -0.05) is 41.5 Å². The Morgan fingerprint density at radius 1 is 0.742 bits per heavy atom. The van der Waals surface area contributed by atoms with Crippen LogP contribution in [0, 0.1) is 0 Å². The number of fused-ring (bicyclic) bond motifs is 3. The van der Waals surface area contributed by atoms with Crippen LogP contribution < -0.4 is 9.47 Å². The van der Waals surface area contributed by atoms with Gasteiger partial charge in [0.25, 0.3) is 0 Å². The van der Waals surface area contributed by atoms with E-state index >= 15 is 0 Å². The molecule has 0 bridgehead atoms. The number of epoxide rings is 2. The van der Waals surface area contributed by atoms with Crippen molar-refractivity contribution in [3.05, 3.63) is 35.4 Å². The molecular formula is C26H32O4S. The first-order valence-electron chi connectivity index (χ1n) is 11.1. The van der Waals surface area contributed by atoms with Crippen LogP contribution in [0.25, 0.3) is 20.2 Å². The lowest BCUT2D eigenvalue weighted by Gasteiger charge is -2.23. The highest BCUT2D eigenvalue weighted by atomic mass is 32.1. The summed E-state index contributed by atoms with van der Waals surface area (Å²) in [6, 6.07) is 9.08. The zero-order chi connectivity index (χ0) is 22.0. The van der Waals surface area contributed by atoms with E-state index in [0.29, 0.717) is 13.2 Å². The van der Waals surface area contributed by atoms with Gasteiger partial charge in [-0.15, -0.1) is 11.3 Å². The fraction of sp³-hybridized carbons (Fsp3) is 0.538. The highest BCUT2D eigenvalue weighted by Gasteiger charge is 2.28. The third-order valence-electron chi connectivity index (χ3n) is 5.94. The Labute approximate surface area is 188 Å². The Balaban J connectivity index is 1.64. The van der Waals surface area contributed by atoms with Gasteiger partial charge >= 0.3 is 0 Å². The molecule has 2 fully saturated rings. The summed E-state index contributed by atoms with van der Waals surface area (Å²) in [6.07, 6.45) is 0.475. The third-order valence-corrected chi connectivity index (χ3v) is 7.06. The largest absolute Gasteiger partial charge is 0.490 e. The molecule has 1 aromatic heterocycles. The Morgan fingerprint density at radius 3 is 1.45 bits per heavy atom. The predicted octanol–water partition coefficient (Wildman–Crippen LogP) is 6.20. The molecule has 31 heavy (non-hydrogen) atoms. The van der Waals surface area contributed by atoms with Crippen molar-refractivity contribution in [2.45, 2.75) is 64.6 Å². The maximum atomic E-state index is 6.24. The molecule has 3 heterocycles. The Morgan fingerprint density at radius 2 is 1.13 bits per heavy atom. The standard InChI is InChI=1S/C26H32O4S/c1-25(2,3)19-9-23-17(7-21(19)29-13-15-11-27-15)18-8-22(30-14-16-12-28-16)20(26(4,5)6)10-24(18)31-23/h7-10,15-16H,11-14H2,1-6H3. The summed E-state index contributed by atoms with van der Waals surface area (Å²) in [6.45, 7) is 16.3. The van der Waals surface area contributed by atoms with Crippen LogP contribution in [0.5, 0.6) is 11.5 Å². The molecule has 4 nitrogen and oxygen atoms in total. The molecule has 0 radical (unpaired) electrons. The first-order chi connectivity index (χ1) is 14.6. The molecule has 0 N–H and O–H groups in total. The molecule has 166 valence electrons. The van der Waals surface area contributed by atoms with E-state index in [9.17, 15) is 0 Å². The van der Waals surface area contributed by atoms with Crippen LogP contribution in [0.3, 0.4) is 0 Å². The first-order valence-corrected chi connectivity index (χ1v) is 12.0. The van der Waals surface area contributed by atoms with Gasteiger partial charge in [0.2, 0.25) is 0 Å². The second kappa shape index (κ2) is 7.36. The minimum Gasteiger partial charge on any atom is -0.490 e. The van der Waals surface area contributed by atoms with Gasteiger partial charge in [-0.05, 0) is 35.1 Å². The van der Waals surface area contributed by atoms with E-state index < -0.39 is 0 Å². The summed E-state index contributed by atoms with van der Waals surface area (Å²) in [5, 5.41) is 2.46. The molecule has 0 spiro atoms. The average Bonchev–Trinajstić information content (AvgIpc) is 3.59. The lowest BCUT2D eigenvalue weighted by molar-refractivity contribution is 0.258. The van der Waals surface area contributed by atoms with Gasteiger partial charge in [-0.2, -0.15) is 0 Å². The molecular weight excluding hydrogens is 408 g/mol. The maximum Gasteiger partial charge on any atom is 0.123 e. The van der Waals surface area contributed by atoms with E-state index in [0.717, 1.165) is 24.7 Å². The van der Waals surface area contributed by atoms with Crippen LogP contribution in [-0.2, 0) is 20.3 Å². The monoisotopic (exact) mass is 440 g/mol. The van der Waals surface area contributed by atoms with Crippen molar-refractivity contribution in [1.82, 2.24) is 0 Å². The summed E-state index contributed by atoms with van der Waals surface area (Å²) < 4.78 is 25.8. The van der Waals surface area contributed by atoms with Crippen molar-refractivity contribution in [3.63, 3.8) is 0 Å². The molecule has 2 saturated heterocycles. The van der Waals surface area contributed by atoms with Crippen LogP contribution in [0.15, 0.2) is 24.3 Å². The number of ether oxygens (including phenoxy) is 4. The molecule has 2 aliphatic rings. The highest BCUT2D eigenvalue weighted by molar-refractivity contribution is 7.25. The van der Waals surface area contributed by atoms with Crippen molar-refractivity contribution >= 4 is 31.5 Å². The number of thiophene rings is 1. The van der Waals surface area contributed by atoms with Crippen LogP contribution in [0.1, 0.15) is 52.7 Å². The van der Waals surface area contributed by atoms with Gasteiger partial charge in [0, 0.05) is 31.3 Å². The molecule has 2 atom stereocenters. The first kappa shape index (κ1) is 21.0. The van der Waals surface area contributed by atoms with E-state index in [1.807, 2.05) is 11.3 Å². The maximum absolute atomic E-state index is 6.24. The topological polar surface area (TPSA) is 43.5 Å². The molecule has 5 rings (SSSR count). The molecule has 0 aliphatic carbocycles. The van der Waals surface area contributed by atoms with Crippen molar-refractivity contribution in [2.75, 3.05) is 26.4 Å². The van der Waals surface area contributed by atoms with Crippen LogP contribution in [-0.4, -0.2) is 38.6 Å². The SMILES string of the molecule is CC(C)(C)c1cc2sc3cc(C(C)(C)C)c(OCC4CO4)cc3c2cc1OCC1CO1. The van der Waals surface area contributed by atoms with E-state index in [-0.39, 0.29) is 23.0 Å². The molecule has 2 unspecified atom stereocenters. The Kier molecular flexibility index (Phi) is 5.00. The number of rotatable bonds is 6. The van der Waals surface area contributed by atoms with Crippen molar-refractivity contribution in [2.24, 2.45) is 0 Å². The van der Waals surface area contributed by atoms with Crippen LogP contribution >= 0.6 is 11.3 Å². The Hall–Kier alpha value is -1.82. The predicted molar refractivity (Wildman–Crippen MR) is 127 cm³/mol. The number of hydrogen-bond donors (Lipinski definition) is 0. The van der Waals surface area contributed by atoms with Crippen molar-refractivity contribution in [3.8, 4) is 11.5 Å². The van der Waals surface area contributed by atoms with Gasteiger partial charge in [0.1, 0.15) is 36.9 Å². The third kappa shape index (κ3) is 4.41. The van der Waals surface area contributed by atoms with Gasteiger partial charge < -0.3 is 18.9 Å². The lowest BCUT2D eigenvalue weighted by Crippen LogP contribution is -2.15. The number of hydrogen-bond acceptors (Lipinski definition) is 5. The minimum atomic E-state index is -0.000782. The fourth-order valence-electron chi connectivity index (χ4n) is 3.93. The van der Waals surface area contributed by atoms with Gasteiger partial charge in [0.15, 0.2) is 0 Å². The minimum absolute atomic E-state index is 0.000782. The van der Waals surface area contributed by atoms with Crippen LogP contribution in [0.2, 0.25) is 0 Å². The summed E-state index contributed by atoms with van der Waals surface area (Å²) in [5.41, 5.74) is 2.48. The molecule has 0 amide bonds. The molecule has 3 aromatic rings. The molecule has 0 saturated carbocycles. The molecule has 2 aromatic carbocycles. The highest BCUT2D eigenvalue weighted by Crippen LogP contribution is 2.45. The normalized spacial score (nSPS) is 21.0.